The maximum absolute atomic E-state index is 12.2. The van der Waals surface area contributed by atoms with E-state index in [9.17, 15) is 4.79 Å². The molecule has 29 heavy (non-hydrogen) atoms. The first-order valence-electron chi connectivity index (χ1n) is 8.86. The Morgan fingerprint density at radius 1 is 1.14 bits per heavy atom. The molecular weight excluding hydrogens is 386 g/mol. The number of nitrogens with zero attached hydrogens (tertiary/aromatic N) is 2. The van der Waals surface area contributed by atoms with Gasteiger partial charge >= 0.3 is 0 Å². The highest BCUT2D eigenvalue weighted by Crippen LogP contribution is 2.21. The van der Waals surface area contributed by atoms with E-state index in [0.29, 0.717) is 22.8 Å². The number of ether oxygens (including phenoxy) is 1. The Hall–Kier alpha value is -3.62. The van der Waals surface area contributed by atoms with Gasteiger partial charge in [0.15, 0.2) is 0 Å². The van der Waals surface area contributed by atoms with Gasteiger partial charge in [-0.3, -0.25) is 4.79 Å². The molecule has 0 aliphatic carbocycles. The zero-order chi connectivity index (χ0) is 20.6. The van der Waals surface area contributed by atoms with Crippen molar-refractivity contribution in [2.75, 3.05) is 0 Å². The fraction of sp³-hybridized carbons (Fsp3) is 0.0870. The Morgan fingerprint density at radius 2 is 1.86 bits per heavy atom. The molecule has 3 aromatic rings. The lowest BCUT2D eigenvalue weighted by atomic mass is 10.1. The third-order valence-electron chi connectivity index (χ3n) is 4.17. The minimum absolute atomic E-state index is 0.310. The summed E-state index contributed by atoms with van der Waals surface area (Å²) in [6.07, 6.45) is 1.52. The molecule has 3 rings (SSSR count). The van der Waals surface area contributed by atoms with Crippen LogP contribution in [0.1, 0.15) is 32.6 Å². The van der Waals surface area contributed by atoms with Crippen LogP contribution in [0.2, 0.25) is 5.02 Å². The van der Waals surface area contributed by atoms with Crippen LogP contribution in [0.25, 0.3) is 0 Å². The highest BCUT2D eigenvalue weighted by atomic mass is 35.5. The third-order valence-corrected chi connectivity index (χ3v) is 4.59. The molecule has 0 aromatic heterocycles. The van der Waals surface area contributed by atoms with Gasteiger partial charge in [0.2, 0.25) is 0 Å². The number of carbonyl (C=O) groups excluding carboxylic acids is 1. The minimum Gasteiger partial charge on any atom is -0.489 e. The molecule has 0 aliphatic heterocycles. The summed E-state index contributed by atoms with van der Waals surface area (Å²) in [4.78, 5) is 12.2. The summed E-state index contributed by atoms with van der Waals surface area (Å²) in [6, 6.07) is 21.6. The summed E-state index contributed by atoms with van der Waals surface area (Å²) < 4.78 is 5.76. The van der Waals surface area contributed by atoms with Gasteiger partial charge in [-0.15, -0.1) is 0 Å². The van der Waals surface area contributed by atoms with Crippen molar-refractivity contribution in [3.8, 4) is 11.8 Å². The van der Waals surface area contributed by atoms with Crippen molar-refractivity contribution in [1.82, 2.24) is 5.43 Å². The average Bonchev–Trinajstić information content (AvgIpc) is 2.75. The Morgan fingerprint density at radius 3 is 2.52 bits per heavy atom. The van der Waals surface area contributed by atoms with Gasteiger partial charge in [0, 0.05) is 10.6 Å². The fourth-order valence-corrected chi connectivity index (χ4v) is 2.62. The maximum atomic E-state index is 12.2. The number of rotatable bonds is 6. The molecule has 0 aliphatic rings. The SMILES string of the molecule is Cc1cc(OCc2ccc(C(=O)N/N=C\c3ccc(C#N)cc3)cc2)ccc1Cl. The van der Waals surface area contributed by atoms with Gasteiger partial charge in [0.25, 0.3) is 5.91 Å². The van der Waals surface area contributed by atoms with Gasteiger partial charge in [-0.2, -0.15) is 10.4 Å². The van der Waals surface area contributed by atoms with Crippen molar-refractivity contribution >= 4 is 23.7 Å². The zero-order valence-electron chi connectivity index (χ0n) is 15.7. The second-order valence-electron chi connectivity index (χ2n) is 6.33. The van der Waals surface area contributed by atoms with E-state index in [1.807, 2.05) is 37.3 Å². The van der Waals surface area contributed by atoms with E-state index in [4.69, 9.17) is 21.6 Å². The summed E-state index contributed by atoms with van der Waals surface area (Å²) in [7, 11) is 0. The third kappa shape index (κ3) is 5.68. The number of carbonyl (C=O) groups is 1. The molecule has 144 valence electrons. The molecule has 0 saturated carbocycles. The molecule has 0 radical (unpaired) electrons. The molecule has 3 aromatic carbocycles. The summed E-state index contributed by atoms with van der Waals surface area (Å²) >= 11 is 6.01. The Kier molecular flexibility index (Phi) is 6.62. The van der Waals surface area contributed by atoms with Crippen LogP contribution in [0.4, 0.5) is 0 Å². The number of aryl methyl sites for hydroxylation is 1. The summed E-state index contributed by atoms with van der Waals surface area (Å²) in [5.41, 5.74) is 6.23. The molecule has 1 amide bonds. The van der Waals surface area contributed by atoms with E-state index in [2.05, 4.69) is 10.5 Å². The van der Waals surface area contributed by atoms with Crippen LogP contribution < -0.4 is 10.2 Å². The second-order valence-corrected chi connectivity index (χ2v) is 6.74. The van der Waals surface area contributed by atoms with Crippen LogP contribution in [0.5, 0.6) is 5.75 Å². The predicted molar refractivity (Wildman–Crippen MR) is 113 cm³/mol. The molecule has 0 unspecified atom stereocenters. The van der Waals surface area contributed by atoms with E-state index in [1.165, 1.54) is 6.21 Å². The van der Waals surface area contributed by atoms with Gasteiger partial charge in [-0.1, -0.05) is 35.9 Å². The average molecular weight is 404 g/mol. The molecule has 5 nitrogen and oxygen atoms in total. The van der Waals surface area contributed by atoms with E-state index in [0.717, 1.165) is 22.4 Å². The molecule has 0 spiro atoms. The van der Waals surface area contributed by atoms with E-state index < -0.39 is 0 Å². The lowest BCUT2D eigenvalue weighted by molar-refractivity contribution is 0.0955. The van der Waals surface area contributed by atoms with Crippen LogP contribution in [0, 0.1) is 18.3 Å². The molecule has 0 atom stereocenters. The zero-order valence-corrected chi connectivity index (χ0v) is 16.5. The molecule has 6 heteroatoms. The lowest BCUT2D eigenvalue weighted by Gasteiger charge is -2.08. The highest BCUT2D eigenvalue weighted by Gasteiger charge is 2.05. The standard InChI is InChI=1S/C23H18ClN3O2/c1-16-12-21(10-11-22(16)24)29-15-19-6-8-20(9-7-19)23(28)27-26-14-18-4-2-17(13-25)3-5-18/h2-12,14H,15H2,1H3,(H,27,28)/b26-14-. The molecule has 0 saturated heterocycles. The first-order valence-corrected chi connectivity index (χ1v) is 9.24. The Labute approximate surface area is 174 Å². The number of nitrogens with one attached hydrogen (secondary N) is 1. The number of hydrogen-bond donors (Lipinski definition) is 1. The molecule has 0 bridgehead atoms. The highest BCUT2D eigenvalue weighted by molar-refractivity contribution is 6.31. The van der Waals surface area contributed by atoms with Crippen LogP contribution in [-0.2, 0) is 6.61 Å². The molecular formula is C23H18ClN3O2. The summed E-state index contributed by atoms with van der Waals surface area (Å²) in [6.45, 7) is 2.31. The van der Waals surface area contributed by atoms with Crippen molar-refractivity contribution in [2.24, 2.45) is 5.10 Å². The number of halogens is 1. The predicted octanol–water partition coefficient (Wildman–Crippen LogP) is 4.86. The second kappa shape index (κ2) is 9.54. The normalized spacial score (nSPS) is 10.5. The number of benzene rings is 3. The van der Waals surface area contributed by atoms with Crippen molar-refractivity contribution in [2.45, 2.75) is 13.5 Å². The first kappa shape index (κ1) is 20.1. The van der Waals surface area contributed by atoms with E-state index in [-0.39, 0.29) is 5.91 Å². The van der Waals surface area contributed by atoms with Gasteiger partial charge in [-0.25, -0.2) is 5.43 Å². The van der Waals surface area contributed by atoms with Gasteiger partial charge in [-0.05, 0) is 66.1 Å². The smallest absolute Gasteiger partial charge is 0.271 e. The van der Waals surface area contributed by atoms with Crippen molar-refractivity contribution in [1.29, 1.82) is 5.26 Å². The van der Waals surface area contributed by atoms with Crippen molar-refractivity contribution in [3.63, 3.8) is 0 Å². The number of hydrazone groups is 1. The first-order chi connectivity index (χ1) is 14.0. The van der Waals surface area contributed by atoms with Crippen molar-refractivity contribution in [3.05, 3.63) is 99.6 Å². The van der Waals surface area contributed by atoms with Crippen LogP contribution >= 0.6 is 11.6 Å². The topological polar surface area (TPSA) is 74.5 Å². The molecule has 1 N–H and O–H groups in total. The monoisotopic (exact) mass is 403 g/mol. The van der Waals surface area contributed by atoms with Gasteiger partial charge < -0.3 is 4.74 Å². The summed E-state index contributed by atoms with van der Waals surface area (Å²) in [5.74, 6) is 0.432. The quantitative estimate of drug-likeness (QED) is 0.471. The minimum atomic E-state index is -0.310. The summed E-state index contributed by atoms with van der Waals surface area (Å²) in [5, 5.41) is 13.4. The maximum Gasteiger partial charge on any atom is 0.271 e. The fourth-order valence-electron chi connectivity index (χ4n) is 2.50. The molecule has 0 heterocycles. The molecule has 0 fully saturated rings. The van der Waals surface area contributed by atoms with Gasteiger partial charge in [0.1, 0.15) is 12.4 Å². The van der Waals surface area contributed by atoms with E-state index >= 15 is 0 Å². The lowest BCUT2D eigenvalue weighted by Crippen LogP contribution is -2.17. The number of nitriles is 1. The van der Waals surface area contributed by atoms with E-state index in [1.54, 1.807) is 42.5 Å². The van der Waals surface area contributed by atoms with Crippen LogP contribution in [-0.4, -0.2) is 12.1 Å². The largest absolute Gasteiger partial charge is 0.489 e. The Balaban J connectivity index is 1.53. The van der Waals surface area contributed by atoms with Crippen LogP contribution in [0.3, 0.4) is 0 Å². The van der Waals surface area contributed by atoms with Gasteiger partial charge in [0.05, 0.1) is 17.8 Å². The number of amides is 1. The van der Waals surface area contributed by atoms with Crippen LogP contribution in [0.15, 0.2) is 71.8 Å². The number of hydrogen-bond acceptors (Lipinski definition) is 4. The van der Waals surface area contributed by atoms with Crippen molar-refractivity contribution < 1.29 is 9.53 Å². The Bertz CT molecular complexity index is 1070.